The molecule has 12 nitrogen and oxygen atoms in total. The van der Waals surface area contributed by atoms with Crippen LogP contribution in [-0.2, 0) is 11.2 Å². The summed E-state index contributed by atoms with van der Waals surface area (Å²) in [5, 5.41) is 0. The van der Waals surface area contributed by atoms with Crippen LogP contribution in [0.25, 0.3) is 22.2 Å². The molecule has 51 heavy (non-hydrogen) atoms. The Kier molecular flexibility index (Phi) is 12.3. The van der Waals surface area contributed by atoms with Crippen LogP contribution in [0.4, 0.5) is 5.69 Å². The number of para-hydroxylation sites is 1. The number of methoxy groups -OCH3 is 1. The Balaban J connectivity index is 1.32. The molecule has 1 fully saturated rings. The number of amides is 3. The number of aromatic amines is 1. The van der Waals surface area contributed by atoms with Gasteiger partial charge in [-0.1, -0.05) is 18.2 Å². The van der Waals surface area contributed by atoms with Gasteiger partial charge in [0.2, 0.25) is 5.91 Å². The standard InChI is InChI=1S/C39H51N7O5/c1-26-14-17-31(32(25-26)51-24-9-7-8-13-34(47)46-22-20-44(4)21-23-46)45(5)39(49)29-16-15-28(37(50-6)35(29)38(40)48)27-11-10-12-30-36(27)42-33(41-30)18-19-43(2)3/h10-12,14-17,25H,7-9,13,18-24H2,1-6H3,(H2,40,48)(H,41,42). The molecule has 272 valence electrons. The van der Waals surface area contributed by atoms with Crippen molar-refractivity contribution < 1.29 is 23.9 Å². The van der Waals surface area contributed by atoms with E-state index >= 15 is 0 Å². The number of likely N-dealkylation sites (N-methyl/N-ethyl adjacent to an activating group) is 2. The molecule has 1 saturated heterocycles. The van der Waals surface area contributed by atoms with Gasteiger partial charge in [0.05, 0.1) is 41.6 Å². The smallest absolute Gasteiger partial charge is 0.259 e. The lowest BCUT2D eigenvalue weighted by atomic mass is 9.95. The number of fused-ring (bicyclic) bond motifs is 1. The summed E-state index contributed by atoms with van der Waals surface area (Å²) in [6, 6.07) is 14.8. The third-order valence-electron chi connectivity index (χ3n) is 9.42. The molecule has 0 saturated carbocycles. The first kappa shape index (κ1) is 37.3. The molecule has 1 aromatic heterocycles. The summed E-state index contributed by atoms with van der Waals surface area (Å²) in [7, 11) is 9.22. The van der Waals surface area contributed by atoms with Crippen molar-refractivity contribution in [1.82, 2.24) is 24.7 Å². The van der Waals surface area contributed by atoms with E-state index in [-0.39, 0.29) is 22.8 Å². The number of carbonyl (C=O) groups is 3. The Morgan fingerprint density at radius 1 is 0.961 bits per heavy atom. The van der Waals surface area contributed by atoms with Gasteiger partial charge in [-0.05, 0) is 83.2 Å². The molecule has 0 bridgehead atoms. The van der Waals surface area contributed by atoms with E-state index in [0.717, 1.165) is 86.4 Å². The lowest BCUT2D eigenvalue weighted by Crippen LogP contribution is -2.47. The second kappa shape index (κ2) is 16.8. The van der Waals surface area contributed by atoms with Gasteiger partial charge in [0.1, 0.15) is 17.3 Å². The summed E-state index contributed by atoms with van der Waals surface area (Å²) in [6.45, 7) is 6.64. The summed E-state index contributed by atoms with van der Waals surface area (Å²) in [5.41, 5.74) is 10.5. The molecule has 5 rings (SSSR count). The maximum absolute atomic E-state index is 14.1. The van der Waals surface area contributed by atoms with E-state index in [9.17, 15) is 14.4 Å². The number of aryl methyl sites for hydroxylation is 1. The Bertz CT molecular complexity index is 1860. The normalized spacial score (nSPS) is 13.5. The van der Waals surface area contributed by atoms with Crippen molar-refractivity contribution in [2.45, 2.75) is 39.0 Å². The van der Waals surface area contributed by atoms with Crippen molar-refractivity contribution in [3.63, 3.8) is 0 Å². The van der Waals surface area contributed by atoms with E-state index < -0.39 is 11.8 Å². The average Bonchev–Trinajstić information content (AvgIpc) is 3.54. The maximum atomic E-state index is 14.1. The fourth-order valence-electron chi connectivity index (χ4n) is 6.43. The first-order valence-corrected chi connectivity index (χ1v) is 17.6. The lowest BCUT2D eigenvalue weighted by molar-refractivity contribution is -0.132. The van der Waals surface area contributed by atoms with Gasteiger partial charge in [0, 0.05) is 63.7 Å². The number of hydrogen-bond donors (Lipinski definition) is 2. The minimum atomic E-state index is -0.780. The molecule has 2 heterocycles. The van der Waals surface area contributed by atoms with Gasteiger partial charge in [-0.3, -0.25) is 14.4 Å². The molecule has 1 aliphatic rings. The van der Waals surface area contributed by atoms with Crippen LogP contribution in [0.15, 0.2) is 48.5 Å². The number of hydrogen-bond acceptors (Lipinski definition) is 8. The largest absolute Gasteiger partial charge is 0.495 e. The summed E-state index contributed by atoms with van der Waals surface area (Å²) >= 11 is 0. The van der Waals surface area contributed by atoms with Crippen molar-refractivity contribution in [3.8, 4) is 22.6 Å². The van der Waals surface area contributed by atoms with Crippen LogP contribution in [0.2, 0.25) is 0 Å². The highest BCUT2D eigenvalue weighted by atomic mass is 16.5. The second-order valence-corrected chi connectivity index (χ2v) is 13.6. The molecular weight excluding hydrogens is 646 g/mol. The van der Waals surface area contributed by atoms with Crippen LogP contribution in [0.5, 0.6) is 11.5 Å². The molecule has 0 atom stereocenters. The highest BCUT2D eigenvalue weighted by Crippen LogP contribution is 2.39. The Morgan fingerprint density at radius 2 is 1.73 bits per heavy atom. The topological polar surface area (TPSA) is 137 Å². The van der Waals surface area contributed by atoms with Crippen LogP contribution in [0.3, 0.4) is 0 Å². The zero-order valence-electron chi connectivity index (χ0n) is 30.8. The number of primary amides is 1. The number of benzene rings is 3. The first-order valence-electron chi connectivity index (χ1n) is 17.6. The number of aromatic nitrogens is 2. The van der Waals surface area contributed by atoms with E-state index in [2.05, 4.69) is 21.8 Å². The van der Waals surface area contributed by atoms with E-state index in [1.165, 1.54) is 12.0 Å². The molecule has 0 spiro atoms. The van der Waals surface area contributed by atoms with Crippen LogP contribution in [-0.4, -0.2) is 117 Å². The van der Waals surface area contributed by atoms with E-state index in [1.54, 1.807) is 19.2 Å². The molecular formula is C39H51N7O5. The number of rotatable bonds is 15. The van der Waals surface area contributed by atoms with Gasteiger partial charge in [-0.25, -0.2) is 4.98 Å². The number of nitrogens with zero attached hydrogens (tertiary/aromatic N) is 5. The number of unbranched alkanes of at least 4 members (excludes halogenated alkanes) is 2. The molecule has 3 N–H and O–H groups in total. The highest BCUT2D eigenvalue weighted by Gasteiger charge is 2.28. The van der Waals surface area contributed by atoms with Crippen LogP contribution in [0, 0.1) is 6.92 Å². The van der Waals surface area contributed by atoms with Crippen LogP contribution in [0.1, 0.15) is 57.8 Å². The maximum Gasteiger partial charge on any atom is 0.259 e. The third-order valence-corrected chi connectivity index (χ3v) is 9.42. The minimum Gasteiger partial charge on any atom is -0.495 e. The van der Waals surface area contributed by atoms with Crippen LogP contribution >= 0.6 is 0 Å². The number of piperazine rings is 1. The molecule has 3 aromatic carbocycles. The molecule has 12 heteroatoms. The zero-order chi connectivity index (χ0) is 36.7. The van der Waals surface area contributed by atoms with Crippen molar-refractivity contribution in [1.29, 1.82) is 0 Å². The summed E-state index contributed by atoms with van der Waals surface area (Å²) in [4.78, 5) is 55.8. The number of nitrogens with one attached hydrogen (secondary N) is 1. The second-order valence-electron chi connectivity index (χ2n) is 13.6. The predicted molar refractivity (Wildman–Crippen MR) is 201 cm³/mol. The minimum absolute atomic E-state index is 0.00655. The van der Waals surface area contributed by atoms with Gasteiger partial charge in [-0.15, -0.1) is 0 Å². The summed E-state index contributed by atoms with van der Waals surface area (Å²) in [6.07, 6.45) is 3.70. The quantitative estimate of drug-likeness (QED) is 0.170. The van der Waals surface area contributed by atoms with Crippen LogP contribution < -0.4 is 20.1 Å². The number of anilines is 1. The fraction of sp³-hybridized carbons (Fsp3) is 0.436. The Labute approximate surface area is 300 Å². The number of H-pyrrole nitrogens is 1. The number of ether oxygens (including phenoxy) is 2. The van der Waals surface area contributed by atoms with Gasteiger partial charge in [0.25, 0.3) is 11.8 Å². The Morgan fingerprint density at radius 3 is 2.43 bits per heavy atom. The average molecular weight is 698 g/mol. The van der Waals surface area contributed by atoms with Crippen molar-refractivity contribution in [3.05, 3.63) is 71.0 Å². The summed E-state index contributed by atoms with van der Waals surface area (Å²) in [5.74, 6) is 0.609. The molecule has 3 amide bonds. The molecule has 4 aromatic rings. The van der Waals surface area contributed by atoms with Gasteiger partial charge < -0.3 is 39.8 Å². The fourth-order valence-corrected chi connectivity index (χ4v) is 6.43. The van der Waals surface area contributed by atoms with Crippen molar-refractivity contribution in [2.24, 2.45) is 5.73 Å². The lowest BCUT2D eigenvalue weighted by Gasteiger charge is -2.32. The van der Waals surface area contributed by atoms with E-state index in [0.29, 0.717) is 30.0 Å². The molecule has 0 radical (unpaired) electrons. The number of nitrogens with two attached hydrogens (primary N) is 1. The molecule has 0 unspecified atom stereocenters. The van der Waals surface area contributed by atoms with Crippen molar-refractivity contribution >= 4 is 34.4 Å². The van der Waals surface area contributed by atoms with Gasteiger partial charge in [-0.2, -0.15) is 0 Å². The number of carbonyl (C=O) groups excluding carboxylic acids is 3. The SMILES string of the molecule is COc1c(-c2cccc3[nH]c(CCN(C)C)nc23)ccc(C(=O)N(C)c2ccc(C)cc2OCCCCCC(=O)N2CCN(C)CC2)c1C(N)=O. The molecule has 1 aliphatic heterocycles. The monoisotopic (exact) mass is 697 g/mol. The number of imidazole rings is 1. The highest BCUT2D eigenvalue weighted by molar-refractivity contribution is 6.15. The van der Waals surface area contributed by atoms with Crippen molar-refractivity contribution in [2.75, 3.05) is 79.5 Å². The predicted octanol–water partition coefficient (Wildman–Crippen LogP) is 4.74. The third kappa shape index (κ3) is 8.87. The first-order chi connectivity index (χ1) is 24.5. The molecule has 0 aliphatic carbocycles. The summed E-state index contributed by atoms with van der Waals surface area (Å²) < 4.78 is 12.0. The van der Waals surface area contributed by atoms with Gasteiger partial charge >= 0.3 is 0 Å². The van der Waals surface area contributed by atoms with E-state index in [1.807, 2.05) is 62.3 Å². The van der Waals surface area contributed by atoms with E-state index in [4.69, 9.17) is 20.2 Å². The Hall–Kier alpha value is -4.94. The van der Waals surface area contributed by atoms with Gasteiger partial charge in [0.15, 0.2) is 0 Å². The zero-order valence-corrected chi connectivity index (χ0v) is 30.8.